The molecule has 160 valence electrons. The lowest BCUT2D eigenvalue weighted by molar-refractivity contribution is 0.0935. The molecule has 1 atom stereocenters. The van der Waals surface area contributed by atoms with Crippen LogP contribution in [0.25, 0.3) is 10.4 Å². The van der Waals surface area contributed by atoms with E-state index >= 15 is 0 Å². The molecule has 2 aromatic rings. The summed E-state index contributed by atoms with van der Waals surface area (Å²) in [6, 6.07) is 9.66. The summed E-state index contributed by atoms with van der Waals surface area (Å²) >= 11 is 1.39. The second-order valence-corrected chi connectivity index (χ2v) is 9.01. The first-order valence-electron chi connectivity index (χ1n) is 10.7. The van der Waals surface area contributed by atoms with E-state index in [2.05, 4.69) is 33.0 Å². The molecule has 0 saturated carbocycles. The van der Waals surface area contributed by atoms with Crippen LogP contribution in [0.1, 0.15) is 41.8 Å². The Labute approximate surface area is 181 Å². The lowest BCUT2D eigenvalue weighted by atomic mass is 10.1. The average Bonchev–Trinajstić information content (AvgIpc) is 3.18. The Morgan fingerprint density at radius 1 is 1.13 bits per heavy atom. The van der Waals surface area contributed by atoms with Gasteiger partial charge in [-0.1, -0.05) is 12.1 Å². The van der Waals surface area contributed by atoms with Gasteiger partial charge in [-0.25, -0.2) is 4.79 Å². The van der Waals surface area contributed by atoms with Crippen LogP contribution >= 0.6 is 11.3 Å². The van der Waals surface area contributed by atoms with E-state index in [1.165, 1.54) is 36.3 Å². The van der Waals surface area contributed by atoms with Gasteiger partial charge >= 0.3 is 6.03 Å². The topological polar surface area (TPSA) is 99.5 Å². The summed E-state index contributed by atoms with van der Waals surface area (Å²) in [4.78, 5) is 28.3. The fourth-order valence-electron chi connectivity index (χ4n) is 4.16. The number of hydrogen-bond donors (Lipinski definition) is 4. The van der Waals surface area contributed by atoms with Crippen molar-refractivity contribution in [1.82, 2.24) is 10.6 Å². The van der Waals surface area contributed by atoms with E-state index in [9.17, 15) is 9.59 Å². The molecule has 8 heteroatoms. The Morgan fingerprint density at radius 3 is 2.70 bits per heavy atom. The molecule has 7 nitrogen and oxygen atoms in total. The number of thiophene rings is 1. The largest absolute Gasteiger partial charge is 0.372 e. The lowest BCUT2D eigenvalue weighted by Gasteiger charge is -2.29. The molecule has 2 aliphatic heterocycles. The fraction of sp³-hybridized carbons (Fsp3) is 0.455. The molecule has 0 unspecified atom stereocenters. The van der Waals surface area contributed by atoms with Crippen molar-refractivity contribution >= 4 is 34.6 Å². The van der Waals surface area contributed by atoms with Crippen molar-refractivity contribution in [3.05, 3.63) is 35.2 Å². The number of nitrogens with two attached hydrogens (primary N) is 1. The smallest absolute Gasteiger partial charge is 0.316 e. The van der Waals surface area contributed by atoms with Crippen LogP contribution < -0.4 is 26.6 Å². The first-order chi connectivity index (χ1) is 14.6. The minimum atomic E-state index is -0.671. The highest BCUT2D eigenvalue weighted by Gasteiger charge is 2.22. The second-order valence-electron chi connectivity index (χ2n) is 7.96. The van der Waals surface area contributed by atoms with Crippen LogP contribution in [0, 0.1) is 0 Å². The van der Waals surface area contributed by atoms with Crippen molar-refractivity contribution in [3.63, 3.8) is 0 Å². The normalized spacial score (nSPS) is 19.3. The number of urea groups is 1. The van der Waals surface area contributed by atoms with E-state index in [1.807, 2.05) is 18.2 Å². The third-order valence-electron chi connectivity index (χ3n) is 5.68. The second kappa shape index (κ2) is 9.49. The third-order valence-corrected chi connectivity index (χ3v) is 6.86. The highest BCUT2D eigenvalue weighted by molar-refractivity contribution is 7.18. The molecule has 0 bridgehead atoms. The van der Waals surface area contributed by atoms with Crippen molar-refractivity contribution in [1.29, 1.82) is 0 Å². The fourth-order valence-corrected chi connectivity index (χ4v) is 5.17. The highest BCUT2D eigenvalue weighted by Crippen LogP contribution is 2.36. The molecule has 5 N–H and O–H groups in total. The van der Waals surface area contributed by atoms with Crippen LogP contribution in [-0.2, 0) is 0 Å². The lowest BCUT2D eigenvalue weighted by Crippen LogP contribution is -2.45. The zero-order valence-electron chi connectivity index (χ0n) is 17.1. The summed E-state index contributed by atoms with van der Waals surface area (Å²) in [5.41, 5.74) is 8.05. The summed E-state index contributed by atoms with van der Waals surface area (Å²) in [5, 5.41) is 9.01. The molecule has 0 radical (unpaired) electrons. The van der Waals surface area contributed by atoms with Crippen LogP contribution in [0.15, 0.2) is 30.3 Å². The van der Waals surface area contributed by atoms with E-state index < -0.39 is 6.03 Å². The van der Waals surface area contributed by atoms with Gasteiger partial charge in [-0.2, -0.15) is 0 Å². The molecule has 2 saturated heterocycles. The standard InChI is InChI=1S/C22H29N5O2S/c23-22(29)26-18-13-19(30-20(18)21(28)25-16-7-5-9-24-14-16)15-6-4-8-17(12-15)27-10-2-1-3-11-27/h4,6,8,12-13,16,24H,1-3,5,7,9-11,14H2,(H,25,28)(H3,23,26,29)/t16-/m0/s1. The van der Waals surface area contributed by atoms with E-state index in [4.69, 9.17) is 5.73 Å². The number of piperidine rings is 2. The van der Waals surface area contributed by atoms with Crippen molar-refractivity contribution in [3.8, 4) is 10.4 Å². The van der Waals surface area contributed by atoms with Gasteiger partial charge in [0, 0.05) is 36.2 Å². The van der Waals surface area contributed by atoms with Gasteiger partial charge in [-0.15, -0.1) is 11.3 Å². The summed E-state index contributed by atoms with van der Waals surface area (Å²) in [5.74, 6) is -0.170. The van der Waals surface area contributed by atoms with E-state index in [1.54, 1.807) is 0 Å². The monoisotopic (exact) mass is 427 g/mol. The predicted molar refractivity (Wildman–Crippen MR) is 122 cm³/mol. The van der Waals surface area contributed by atoms with Gasteiger partial charge in [0.05, 0.1) is 5.69 Å². The first kappa shape index (κ1) is 20.7. The molecule has 30 heavy (non-hydrogen) atoms. The number of rotatable bonds is 5. The van der Waals surface area contributed by atoms with Gasteiger partial charge in [0.25, 0.3) is 5.91 Å². The number of nitrogens with one attached hydrogen (secondary N) is 3. The Kier molecular flexibility index (Phi) is 6.54. The molecule has 0 aliphatic carbocycles. The van der Waals surface area contributed by atoms with Crippen LogP contribution in [-0.4, -0.2) is 44.2 Å². The molecule has 2 aliphatic rings. The Hall–Kier alpha value is -2.58. The highest BCUT2D eigenvalue weighted by atomic mass is 32.1. The minimum Gasteiger partial charge on any atom is -0.372 e. The van der Waals surface area contributed by atoms with Crippen LogP contribution in [0.2, 0.25) is 0 Å². The number of hydrogen-bond acceptors (Lipinski definition) is 5. The maximum atomic E-state index is 12.9. The van der Waals surface area contributed by atoms with E-state index in [-0.39, 0.29) is 11.9 Å². The molecule has 1 aromatic carbocycles. The predicted octanol–water partition coefficient (Wildman–Crippen LogP) is 3.38. The summed E-state index contributed by atoms with van der Waals surface area (Å²) < 4.78 is 0. The number of benzene rings is 1. The van der Waals surface area contributed by atoms with Crippen LogP contribution in [0.5, 0.6) is 0 Å². The summed E-state index contributed by atoms with van der Waals surface area (Å²) in [6.45, 7) is 3.90. The first-order valence-corrected chi connectivity index (χ1v) is 11.5. The number of amides is 3. The molecule has 0 spiro atoms. The number of carbonyl (C=O) groups excluding carboxylic acids is 2. The van der Waals surface area contributed by atoms with Gasteiger partial charge in [-0.05, 0) is 62.4 Å². The maximum Gasteiger partial charge on any atom is 0.316 e. The molecular formula is C22H29N5O2S. The van der Waals surface area contributed by atoms with E-state index in [0.717, 1.165) is 49.5 Å². The van der Waals surface area contributed by atoms with E-state index in [0.29, 0.717) is 10.6 Å². The zero-order valence-corrected chi connectivity index (χ0v) is 17.9. The Morgan fingerprint density at radius 2 is 1.97 bits per heavy atom. The quantitative estimate of drug-likeness (QED) is 0.588. The van der Waals surface area contributed by atoms with Crippen molar-refractivity contribution in [2.24, 2.45) is 5.73 Å². The molecule has 1 aromatic heterocycles. The average molecular weight is 428 g/mol. The third kappa shape index (κ3) is 4.94. The summed E-state index contributed by atoms with van der Waals surface area (Å²) in [7, 11) is 0. The Bertz CT molecular complexity index is 901. The van der Waals surface area contributed by atoms with Gasteiger partial charge in [0.2, 0.25) is 0 Å². The molecule has 4 rings (SSSR count). The number of primary amides is 1. The molecule has 2 fully saturated rings. The molecule has 3 amide bonds. The number of carbonyl (C=O) groups is 2. The van der Waals surface area contributed by atoms with Crippen LogP contribution in [0.3, 0.4) is 0 Å². The SMILES string of the molecule is NC(=O)Nc1cc(-c2cccc(N3CCCCC3)c2)sc1C(=O)N[C@H]1CCCNC1. The summed E-state index contributed by atoms with van der Waals surface area (Å²) in [6.07, 6.45) is 5.72. The van der Waals surface area contributed by atoms with Gasteiger partial charge in [0.15, 0.2) is 0 Å². The maximum absolute atomic E-state index is 12.9. The Balaban J connectivity index is 1.59. The van der Waals surface area contributed by atoms with Crippen LogP contribution in [0.4, 0.5) is 16.2 Å². The van der Waals surface area contributed by atoms with Gasteiger partial charge < -0.3 is 26.6 Å². The zero-order chi connectivity index (χ0) is 20.9. The van der Waals surface area contributed by atoms with Gasteiger partial charge in [-0.3, -0.25) is 4.79 Å². The minimum absolute atomic E-state index is 0.0978. The van der Waals surface area contributed by atoms with Gasteiger partial charge in [0.1, 0.15) is 4.88 Å². The molecule has 3 heterocycles. The molecular weight excluding hydrogens is 398 g/mol. The van der Waals surface area contributed by atoms with Crippen molar-refractivity contribution < 1.29 is 9.59 Å². The number of anilines is 2. The van der Waals surface area contributed by atoms with Crippen molar-refractivity contribution in [2.75, 3.05) is 36.4 Å². The number of nitrogens with zero attached hydrogens (tertiary/aromatic N) is 1. The van der Waals surface area contributed by atoms with Crippen molar-refractivity contribution in [2.45, 2.75) is 38.1 Å².